The Morgan fingerprint density at radius 1 is 0.444 bits per heavy atom. The Balaban J connectivity index is 2.96. The molecule has 6 atom stereocenters. The highest BCUT2D eigenvalue weighted by Crippen LogP contribution is 2.35. The predicted octanol–water partition coefficient (Wildman–Crippen LogP) is 6.25. The van der Waals surface area contributed by atoms with Gasteiger partial charge in [-0.2, -0.15) is 0 Å². The molecule has 0 bridgehead atoms. The van der Waals surface area contributed by atoms with E-state index in [9.17, 15) is 0 Å². The van der Waals surface area contributed by atoms with Crippen LogP contribution in [0.4, 0.5) is 0 Å². The molecule has 0 N–H and O–H groups in total. The third kappa shape index (κ3) is 5.47. The Kier molecular flexibility index (Phi) is 9.26. The molecule has 18 heavy (non-hydrogen) atoms. The quantitative estimate of drug-likeness (QED) is 0.276. The highest BCUT2D eigenvalue weighted by atomic mass is 79.9. The molecular formula is C12H12Br6. The molecule has 0 aromatic rings. The van der Waals surface area contributed by atoms with Crippen LogP contribution >= 0.6 is 95.6 Å². The van der Waals surface area contributed by atoms with Gasteiger partial charge >= 0.3 is 0 Å². The highest BCUT2D eigenvalue weighted by Gasteiger charge is 2.34. The second kappa shape index (κ2) is 9.19. The molecule has 0 fully saturated rings. The molecule has 0 aromatic heterocycles. The van der Waals surface area contributed by atoms with Gasteiger partial charge in [-0.05, 0) is 0 Å². The van der Waals surface area contributed by atoms with E-state index in [0.717, 1.165) is 0 Å². The normalized spacial score (nSPS) is 42.3. The molecule has 0 spiro atoms. The van der Waals surface area contributed by atoms with Crippen LogP contribution in [0.5, 0.6) is 0 Å². The second-order valence-electron chi connectivity index (χ2n) is 3.82. The van der Waals surface area contributed by atoms with Crippen molar-refractivity contribution in [2.24, 2.45) is 0 Å². The van der Waals surface area contributed by atoms with Crippen molar-refractivity contribution in [3.05, 3.63) is 36.5 Å². The molecule has 0 radical (unpaired) electrons. The van der Waals surface area contributed by atoms with E-state index in [1.54, 1.807) is 0 Å². The number of hydrogen-bond acceptors (Lipinski definition) is 0. The Morgan fingerprint density at radius 3 is 1.11 bits per heavy atom. The van der Waals surface area contributed by atoms with Gasteiger partial charge in [0.15, 0.2) is 0 Å². The summed E-state index contributed by atoms with van der Waals surface area (Å²) in [5.41, 5.74) is 0. The first kappa shape index (κ1) is 18.1. The Labute approximate surface area is 159 Å². The smallest absolute Gasteiger partial charge is 0.0465 e. The number of rotatable bonds is 0. The molecule has 6 unspecified atom stereocenters. The maximum absolute atomic E-state index is 3.77. The fourth-order valence-electron chi connectivity index (χ4n) is 1.38. The maximum Gasteiger partial charge on any atom is 0.0465 e. The zero-order chi connectivity index (χ0) is 13.7. The minimum Gasteiger partial charge on any atom is -0.0865 e. The molecule has 0 saturated heterocycles. The summed E-state index contributed by atoms with van der Waals surface area (Å²) < 4.78 is 0. The monoisotopic (exact) mass is 630 g/mol. The Morgan fingerprint density at radius 2 is 0.778 bits per heavy atom. The number of allylic oxidation sites excluding steroid dienone is 6. The lowest BCUT2D eigenvalue weighted by Crippen LogP contribution is -2.38. The molecule has 0 saturated carbocycles. The topological polar surface area (TPSA) is 0 Å². The second-order valence-corrected chi connectivity index (χ2v) is 10.2. The largest absolute Gasteiger partial charge is 0.0865 e. The van der Waals surface area contributed by atoms with E-state index in [2.05, 4.69) is 120 Å². The average molecular weight is 636 g/mol. The van der Waals surface area contributed by atoms with Gasteiger partial charge in [-0.1, -0.05) is 132 Å². The summed E-state index contributed by atoms with van der Waals surface area (Å²) in [5, 5.41) is 0. The molecule has 102 valence electrons. The van der Waals surface area contributed by atoms with Crippen molar-refractivity contribution in [1.29, 1.82) is 0 Å². The lowest BCUT2D eigenvalue weighted by Gasteiger charge is -2.29. The van der Waals surface area contributed by atoms with E-state index in [1.807, 2.05) is 12.2 Å². The predicted molar refractivity (Wildman–Crippen MR) is 104 cm³/mol. The number of hydrogen-bond donors (Lipinski definition) is 0. The van der Waals surface area contributed by atoms with Gasteiger partial charge in [0.25, 0.3) is 0 Å². The van der Waals surface area contributed by atoms with Gasteiger partial charge in [0.2, 0.25) is 0 Å². The van der Waals surface area contributed by atoms with Gasteiger partial charge in [0.1, 0.15) is 0 Å². The zero-order valence-corrected chi connectivity index (χ0v) is 18.7. The summed E-state index contributed by atoms with van der Waals surface area (Å²) in [7, 11) is 0. The van der Waals surface area contributed by atoms with E-state index in [-0.39, 0.29) is 29.0 Å². The summed E-state index contributed by atoms with van der Waals surface area (Å²) in [4.78, 5) is 1.68. The summed E-state index contributed by atoms with van der Waals surface area (Å²) in [6, 6.07) is 0. The summed E-state index contributed by atoms with van der Waals surface area (Å²) in [6.45, 7) is 0. The van der Waals surface area contributed by atoms with E-state index < -0.39 is 0 Å². The van der Waals surface area contributed by atoms with Gasteiger partial charge in [0, 0.05) is 29.0 Å². The van der Waals surface area contributed by atoms with Gasteiger partial charge in [0.05, 0.1) is 0 Å². The molecular weight excluding hydrogens is 624 g/mol. The van der Waals surface area contributed by atoms with Crippen LogP contribution in [0, 0.1) is 0 Å². The van der Waals surface area contributed by atoms with E-state index in [1.165, 1.54) is 0 Å². The Hall–Kier alpha value is 2.10. The summed E-state index contributed by atoms with van der Waals surface area (Å²) in [5.74, 6) is 0. The minimum absolute atomic E-state index is 0.267. The molecule has 6 heteroatoms. The summed E-state index contributed by atoms with van der Waals surface area (Å²) in [6.07, 6.45) is 12.4. The molecule has 0 nitrogen and oxygen atoms in total. The number of halogens is 6. The molecule has 0 aliphatic heterocycles. The Bertz CT molecular complexity index is 305. The third-order valence-electron chi connectivity index (χ3n) is 2.44. The van der Waals surface area contributed by atoms with E-state index in [0.29, 0.717) is 0 Å². The molecule has 1 aliphatic carbocycles. The molecule has 0 heterocycles. The first-order chi connectivity index (χ1) is 8.45. The van der Waals surface area contributed by atoms with Crippen molar-refractivity contribution in [2.75, 3.05) is 0 Å². The van der Waals surface area contributed by atoms with Gasteiger partial charge in [-0.25, -0.2) is 0 Å². The van der Waals surface area contributed by atoms with Crippen LogP contribution in [-0.4, -0.2) is 29.0 Å². The third-order valence-corrected chi connectivity index (χ3v) is 12.3. The minimum atomic E-state index is 0.267. The molecule has 1 rings (SSSR count). The van der Waals surface area contributed by atoms with Gasteiger partial charge in [-0.15, -0.1) is 0 Å². The van der Waals surface area contributed by atoms with Crippen molar-refractivity contribution in [3.8, 4) is 0 Å². The first-order valence-electron chi connectivity index (χ1n) is 5.31. The van der Waals surface area contributed by atoms with Crippen LogP contribution in [0.2, 0.25) is 0 Å². The lowest BCUT2D eigenvalue weighted by molar-refractivity contribution is 0.755. The zero-order valence-electron chi connectivity index (χ0n) is 9.20. The van der Waals surface area contributed by atoms with Crippen LogP contribution < -0.4 is 0 Å². The number of alkyl halides is 6. The van der Waals surface area contributed by atoms with Crippen molar-refractivity contribution in [3.63, 3.8) is 0 Å². The first-order valence-corrected chi connectivity index (χ1v) is 10.8. The van der Waals surface area contributed by atoms with Crippen LogP contribution in [-0.2, 0) is 0 Å². The SMILES string of the molecule is BrC1C=CC=CC=CC(Br)C(Br)C(Br)C(Br)C1Br. The van der Waals surface area contributed by atoms with E-state index >= 15 is 0 Å². The average Bonchev–Trinajstić information content (AvgIpc) is 2.37. The fourth-order valence-corrected chi connectivity index (χ4v) is 6.36. The highest BCUT2D eigenvalue weighted by molar-refractivity contribution is 9.15. The molecule has 0 amide bonds. The van der Waals surface area contributed by atoms with Crippen LogP contribution in [0.1, 0.15) is 0 Å². The van der Waals surface area contributed by atoms with Crippen molar-refractivity contribution in [1.82, 2.24) is 0 Å². The van der Waals surface area contributed by atoms with E-state index in [4.69, 9.17) is 0 Å². The standard InChI is InChI=1S/C12H12Br6/c13-7-5-3-1-2-4-6-8(14)10(16)12(18)11(17)9(7)15/h1-12H. The maximum atomic E-state index is 3.77. The van der Waals surface area contributed by atoms with Crippen molar-refractivity contribution in [2.45, 2.75) is 29.0 Å². The lowest BCUT2D eigenvalue weighted by atomic mass is 10.1. The fraction of sp³-hybridized carbons (Fsp3) is 0.500. The molecule has 0 aromatic carbocycles. The van der Waals surface area contributed by atoms with Gasteiger partial charge < -0.3 is 0 Å². The molecule has 1 aliphatic rings. The van der Waals surface area contributed by atoms with Crippen molar-refractivity contribution >= 4 is 95.6 Å². The van der Waals surface area contributed by atoms with Crippen LogP contribution in [0.3, 0.4) is 0 Å². The van der Waals surface area contributed by atoms with Crippen LogP contribution in [0.15, 0.2) is 36.5 Å². The summed E-state index contributed by atoms with van der Waals surface area (Å²) >= 11 is 22.4. The van der Waals surface area contributed by atoms with Gasteiger partial charge in [-0.3, -0.25) is 0 Å². The van der Waals surface area contributed by atoms with Crippen LogP contribution in [0.25, 0.3) is 0 Å². The van der Waals surface area contributed by atoms with Crippen molar-refractivity contribution < 1.29 is 0 Å².